The van der Waals surface area contributed by atoms with E-state index in [1.54, 1.807) is 6.92 Å². The molecule has 2 fully saturated rings. The predicted molar refractivity (Wildman–Crippen MR) is 69.5 cm³/mol. The zero-order valence-electron chi connectivity index (χ0n) is 10.8. The van der Waals surface area contributed by atoms with Crippen LogP contribution in [0.4, 0.5) is 0 Å². The molecule has 1 spiro atoms. The molecule has 0 aromatic carbocycles. The molecule has 1 amide bonds. The van der Waals surface area contributed by atoms with Crippen LogP contribution in [0.5, 0.6) is 0 Å². The monoisotopic (exact) mass is 276 g/mol. The lowest BCUT2D eigenvalue weighted by Gasteiger charge is -2.23. The molecule has 1 saturated carbocycles. The SMILES string of the molecule is COC(=O)[C@H](C)NC(=O)C1CC12CCNCC2.Cl. The molecule has 6 heteroatoms. The van der Waals surface area contributed by atoms with Crippen molar-refractivity contribution in [2.24, 2.45) is 11.3 Å². The van der Waals surface area contributed by atoms with Crippen molar-refractivity contribution in [3.05, 3.63) is 0 Å². The van der Waals surface area contributed by atoms with E-state index in [9.17, 15) is 9.59 Å². The number of hydrogen-bond donors (Lipinski definition) is 2. The largest absolute Gasteiger partial charge is 0.467 e. The van der Waals surface area contributed by atoms with Crippen LogP contribution in [0, 0.1) is 11.3 Å². The van der Waals surface area contributed by atoms with Gasteiger partial charge in [0.25, 0.3) is 0 Å². The highest BCUT2D eigenvalue weighted by Gasteiger charge is 2.57. The molecule has 104 valence electrons. The highest BCUT2D eigenvalue weighted by molar-refractivity contribution is 5.87. The van der Waals surface area contributed by atoms with E-state index in [4.69, 9.17) is 0 Å². The minimum Gasteiger partial charge on any atom is -0.467 e. The number of rotatable bonds is 3. The second-order valence-corrected chi connectivity index (χ2v) is 5.12. The van der Waals surface area contributed by atoms with E-state index in [-0.39, 0.29) is 29.6 Å². The average molecular weight is 277 g/mol. The number of nitrogens with one attached hydrogen (secondary N) is 2. The highest BCUT2D eigenvalue weighted by Crippen LogP contribution is 2.58. The Balaban J connectivity index is 0.00000162. The smallest absolute Gasteiger partial charge is 0.328 e. The van der Waals surface area contributed by atoms with Gasteiger partial charge in [-0.1, -0.05) is 0 Å². The molecule has 0 radical (unpaired) electrons. The first-order valence-electron chi connectivity index (χ1n) is 6.18. The molecule has 1 saturated heterocycles. The molecule has 0 aromatic heterocycles. The van der Waals surface area contributed by atoms with Crippen LogP contribution in [-0.4, -0.2) is 38.1 Å². The molecule has 2 N–H and O–H groups in total. The molecule has 18 heavy (non-hydrogen) atoms. The van der Waals surface area contributed by atoms with Gasteiger partial charge in [-0.3, -0.25) is 4.79 Å². The lowest BCUT2D eigenvalue weighted by Crippen LogP contribution is -2.41. The van der Waals surface area contributed by atoms with Gasteiger partial charge in [0.15, 0.2) is 0 Å². The van der Waals surface area contributed by atoms with Gasteiger partial charge in [0.05, 0.1) is 7.11 Å². The second kappa shape index (κ2) is 5.89. The number of carbonyl (C=O) groups is 2. The zero-order chi connectivity index (χ0) is 12.5. The third-order valence-electron chi connectivity index (χ3n) is 4.02. The van der Waals surface area contributed by atoms with Gasteiger partial charge in [-0.25, -0.2) is 4.79 Å². The maximum Gasteiger partial charge on any atom is 0.328 e. The number of esters is 1. The Morgan fingerprint density at radius 1 is 1.39 bits per heavy atom. The molecule has 5 nitrogen and oxygen atoms in total. The van der Waals surface area contributed by atoms with E-state index in [0.29, 0.717) is 0 Å². The van der Waals surface area contributed by atoms with Gasteiger partial charge < -0.3 is 15.4 Å². The Hall–Kier alpha value is -0.810. The number of ether oxygens (including phenoxy) is 1. The number of methoxy groups -OCH3 is 1. The van der Waals surface area contributed by atoms with E-state index >= 15 is 0 Å². The first-order valence-corrected chi connectivity index (χ1v) is 6.18. The first kappa shape index (κ1) is 15.2. The third-order valence-corrected chi connectivity index (χ3v) is 4.02. The molecule has 1 aliphatic heterocycles. The zero-order valence-corrected chi connectivity index (χ0v) is 11.6. The number of piperidine rings is 1. The summed E-state index contributed by atoms with van der Waals surface area (Å²) in [4.78, 5) is 23.2. The van der Waals surface area contributed by atoms with Gasteiger partial charge in [-0.05, 0) is 44.7 Å². The van der Waals surface area contributed by atoms with Crippen LogP contribution in [0.15, 0.2) is 0 Å². The fraction of sp³-hybridized carbons (Fsp3) is 0.833. The van der Waals surface area contributed by atoms with Crippen LogP contribution in [0.25, 0.3) is 0 Å². The van der Waals surface area contributed by atoms with Crippen LogP contribution in [0.1, 0.15) is 26.2 Å². The summed E-state index contributed by atoms with van der Waals surface area (Å²) >= 11 is 0. The number of hydrogen-bond acceptors (Lipinski definition) is 4. The van der Waals surface area contributed by atoms with Crippen molar-refractivity contribution in [2.45, 2.75) is 32.2 Å². The van der Waals surface area contributed by atoms with Gasteiger partial charge in [0, 0.05) is 5.92 Å². The normalized spacial score (nSPS) is 25.8. The molecule has 0 aromatic rings. The molecule has 1 aliphatic carbocycles. The van der Waals surface area contributed by atoms with Crippen molar-refractivity contribution < 1.29 is 14.3 Å². The minimum atomic E-state index is -0.549. The van der Waals surface area contributed by atoms with E-state index < -0.39 is 12.0 Å². The summed E-state index contributed by atoms with van der Waals surface area (Å²) in [5, 5.41) is 6.03. The van der Waals surface area contributed by atoms with Crippen LogP contribution >= 0.6 is 12.4 Å². The fourth-order valence-corrected chi connectivity index (χ4v) is 2.75. The maximum atomic E-state index is 12.0. The summed E-state index contributed by atoms with van der Waals surface area (Å²) in [7, 11) is 1.33. The number of carbonyl (C=O) groups excluding carboxylic acids is 2. The summed E-state index contributed by atoms with van der Waals surface area (Å²) < 4.78 is 4.59. The lowest BCUT2D eigenvalue weighted by molar-refractivity contribution is -0.144. The standard InChI is InChI=1S/C12H20N2O3.ClH/c1-8(11(16)17-2)14-10(15)9-7-12(9)3-5-13-6-4-12;/h8-9,13H,3-7H2,1-2H3,(H,14,15);1H/t8-,9?;/m0./s1. The van der Waals surface area contributed by atoms with E-state index in [0.717, 1.165) is 32.4 Å². The van der Waals surface area contributed by atoms with Gasteiger partial charge in [0.2, 0.25) is 5.91 Å². The van der Waals surface area contributed by atoms with Gasteiger partial charge >= 0.3 is 5.97 Å². The molecule has 2 atom stereocenters. The minimum absolute atomic E-state index is 0. The van der Waals surface area contributed by atoms with Crippen molar-refractivity contribution >= 4 is 24.3 Å². The van der Waals surface area contributed by atoms with E-state index in [1.165, 1.54) is 7.11 Å². The molecular weight excluding hydrogens is 256 g/mol. The summed E-state index contributed by atoms with van der Waals surface area (Å²) in [6.07, 6.45) is 3.10. The molecule has 0 bridgehead atoms. The Kier molecular flexibility index (Phi) is 4.99. The van der Waals surface area contributed by atoms with E-state index in [2.05, 4.69) is 15.4 Å². The predicted octanol–water partition coefficient (Wildman–Crippen LogP) is 0.476. The molecular formula is C12H21ClN2O3. The topological polar surface area (TPSA) is 67.4 Å². The summed E-state index contributed by atoms with van der Waals surface area (Å²) in [5.74, 6) is -0.292. The Bertz CT molecular complexity index is 329. The second-order valence-electron chi connectivity index (χ2n) is 5.12. The summed E-state index contributed by atoms with van der Waals surface area (Å²) in [6, 6.07) is -0.549. The van der Waals surface area contributed by atoms with Crippen LogP contribution in [0.3, 0.4) is 0 Å². The Labute approximate surface area is 113 Å². The fourth-order valence-electron chi connectivity index (χ4n) is 2.75. The van der Waals surface area contributed by atoms with Gasteiger partial charge in [-0.2, -0.15) is 0 Å². The van der Waals surface area contributed by atoms with Crippen molar-refractivity contribution in [1.29, 1.82) is 0 Å². The van der Waals surface area contributed by atoms with Crippen LogP contribution < -0.4 is 10.6 Å². The van der Waals surface area contributed by atoms with Crippen molar-refractivity contribution in [1.82, 2.24) is 10.6 Å². The first-order chi connectivity index (χ1) is 8.09. The van der Waals surface area contributed by atoms with Crippen molar-refractivity contribution in [2.75, 3.05) is 20.2 Å². The molecule has 2 aliphatic rings. The number of amides is 1. The summed E-state index contributed by atoms with van der Waals surface area (Å²) in [6.45, 7) is 3.65. The molecule has 1 heterocycles. The van der Waals surface area contributed by atoms with Gasteiger partial charge in [-0.15, -0.1) is 12.4 Å². The molecule has 2 rings (SSSR count). The maximum absolute atomic E-state index is 12.0. The van der Waals surface area contributed by atoms with Crippen LogP contribution in [0.2, 0.25) is 0 Å². The van der Waals surface area contributed by atoms with Crippen molar-refractivity contribution in [3.63, 3.8) is 0 Å². The van der Waals surface area contributed by atoms with Gasteiger partial charge in [0.1, 0.15) is 6.04 Å². The molecule has 1 unspecified atom stereocenters. The lowest BCUT2D eigenvalue weighted by atomic mass is 9.91. The number of halogens is 1. The van der Waals surface area contributed by atoms with Crippen LogP contribution in [-0.2, 0) is 14.3 Å². The third kappa shape index (κ3) is 2.95. The quantitative estimate of drug-likeness (QED) is 0.736. The Morgan fingerprint density at radius 2 is 2.00 bits per heavy atom. The van der Waals surface area contributed by atoms with Crippen molar-refractivity contribution in [3.8, 4) is 0 Å². The summed E-state index contributed by atoms with van der Waals surface area (Å²) in [5.41, 5.74) is 0.213. The average Bonchev–Trinajstić information content (AvgIpc) is 3.02. The van der Waals surface area contributed by atoms with E-state index in [1.807, 2.05) is 0 Å². The highest BCUT2D eigenvalue weighted by atomic mass is 35.5. The Morgan fingerprint density at radius 3 is 2.56 bits per heavy atom.